The number of rotatable bonds is 5. The summed E-state index contributed by atoms with van der Waals surface area (Å²) in [6.45, 7) is 0.673. The average molecular weight is 377 g/mol. The van der Waals surface area contributed by atoms with Gasteiger partial charge in [0.15, 0.2) is 18.1 Å². The summed E-state index contributed by atoms with van der Waals surface area (Å²) in [6.07, 6.45) is 0. The van der Waals surface area contributed by atoms with Crippen LogP contribution in [0.25, 0.3) is 0 Å². The van der Waals surface area contributed by atoms with Crippen LogP contribution in [-0.4, -0.2) is 43.6 Å². The molecule has 6 nitrogen and oxygen atoms in total. The normalized spacial score (nSPS) is 12.4. The van der Waals surface area contributed by atoms with Crippen LogP contribution in [0.4, 0.5) is 8.78 Å². The molecule has 2 aromatic rings. The van der Waals surface area contributed by atoms with E-state index in [1.165, 1.54) is 4.90 Å². The number of hydrogen-bond donors (Lipinski definition) is 0. The first-order chi connectivity index (χ1) is 12.9. The third-order valence-electron chi connectivity index (χ3n) is 3.88. The Hall–Kier alpha value is -3.16. The molecular weight excluding hydrogens is 360 g/mol. The molecule has 3 rings (SSSR count). The second-order valence-corrected chi connectivity index (χ2v) is 5.96. The van der Waals surface area contributed by atoms with Gasteiger partial charge in [0.25, 0.3) is 5.91 Å². The van der Waals surface area contributed by atoms with Gasteiger partial charge in [-0.25, -0.2) is 13.6 Å². The molecule has 2 aromatic carbocycles. The van der Waals surface area contributed by atoms with Crippen molar-refractivity contribution in [3.8, 4) is 11.5 Å². The number of carbonyl (C=O) groups excluding carboxylic acids is 2. The van der Waals surface area contributed by atoms with E-state index in [-0.39, 0.29) is 12.1 Å². The number of likely N-dealkylation sites (N-methyl/N-ethyl adjacent to an activating group) is 1. The van der Waals surface area contributed by atoms with E-state index >= 15 is 0 Å². The van der Waals surface area contributed by atoms with Gasteiger partial charge < -0.3 is 19.1 Å². The Morgan fingerprint density at radius 2 is 1.70 bits per heavy atom. The molecule has 0 aromatic heterocycles. The molecule has 8 heteroatoms. The molecule has 0 fully saturated rings. The van der Waals surface area contributed by atoms with Gasteiger partial charge in [-0.05, 0) is 29.8 Å². The third-order valence-corrected chi connectivity index (χ3v) is 3.88. The minimum atomic E-state index is -0.977. The number of fused-ring (bicyclic) bond motifs is 1. The molecule has 0 saturated heterocycles. The quantitative estimate of drug-likeness (QED) is 0.750. The maximum absolute atomic E-state index is 13.1. The zero-order valence-electron chi connectivity index (χ0n) is 14.5. The molecular formula is C19H17F2NO5. The standard InChI is InChI=1S/C19H17F2NO5/c1-22(10-12-2-3-16-17(6-12)26-5-4-25-16)18(23)11-27-19(24)13-7-14(20)9-15(21)8-13/h2-3,6-9H,4-5,10-11H2,1H3. The van der Waals surface area contributed by atoms with Gasteiger partial charge in [0.1, 0.15) is 24.8 Å². The van der Waals surface area contributed by atoms with Crippen molar-refractivity contribution in [2.45, 2.75) is 6.54 Å². The van der Waals surface area contributed by atoms with Crippen molar-refractivity contribution >= 4 is 11.9 Å². The molecule has 1 aliphatic heterocycles. The van der Waals surface area contributed by atoms with Gasteiger partial charge >= 0.3 is 5.97 Å². The second kappa shape index (κ2) is 8.03. The van der Waals surface area contributed by atoms with E-state index in [4.69, 9.17) is 14.2 Å². The van der Waals surface area contributed by atoms with E-state index in [2.05, 4.69) is 0 Å². The number of nitrogens with zero attached hydrogens (tertiary/aromatic N) is 1. The van der Waals surface area contributed by atoms with Crippen molar-refractivity contribution in [1.82, 2.24) is 4.90 Å². The van der Waals surface area contributed by atoms with Crippen LogP contribution in [0.3, 0.4) is 0 Å². The van der Waals surface area contributed by atoms with Gasteiger partial charge in [-0.3, -0.25) is 4.79 Å². The first kappa shape index (κ1) is 18.6. The fourth-order valence-corrected chi connectivity index (χ4v) is 2.54. The Balaban J connectivity index is 1.55. The van der Waals surface area contributed by atoms with Crippen molar-refractivity contribution in [1.29, 1.82) is 0 Å². The molecule has 1 amide bonds. The third kappa shape index (κ3) is 4.72. The number of amides is 1. The smallest absolute Gasteiger partial charge is 0.338 e. The summed E-state index contributed by atoms with van der Waals surface area (Å²) in [5.41, 5.74) is 0.517. The van der Waals surface area contributed by atoms with Crippen LogP contribution in [0.5, 0.6) is 11.5 Å². The highest BCUT2D eigenvalue weighted by atomic mass is 19.1. The van der Waals surface area contributed by atoms with E-state index in [9.17, 15) is 18.4 Å². The van der Waals surface area contributed by atoms with Gasteiger partial charge in [0.05, 0.1) is 5.56 Å². The number of hydrogen-bond acceptors (Lipinski definition) is 5. The Bertz CT molecular complexity index is 851. The lowest BCUT2D eigenvalue weighted by atomic mass is 10.2. The molecule has 0 spiro atoms. The molecule has 0 radical (unpaired) electrons. The van der Waals surface area contributed by atoms with E-state index in [1.54, 1.807) is 25.2 Å². The molecule has 1 aliphatic rings. The lowest BCUT2D eigenvalue weighted by Gasteiger charge is -2.21. The predicted molar refractivity (Wildman–Crippen MR) is 90.5 cm³/mol. The Labute approximate surface area is 154 Å². The maximum Gasteiger partial charge on any atom is 0.338 e. The largest absolute Gasteiger partial charge is 0.486 e. The predicted octanol–water partition coefficient (Wildman–Crippen LogP) is 2.55. The van der Waals surface area contributed by atoms with E-state index in [0.29, 0.717) is 30.8 Å². The maximum atomic E-state index is 13.1. The minimum absolute atomic E-state index is 0.265. The van der Waals surface area contributed by atoms with Crippen LogP contribution in [-0.2, 0) is 16.1 Å². The Morgan fingerprint density at radius 3 is 2.41 bits per heavy atom. The molecule has 0 saturated carbocycles. The fraction of sp³-hybridized carbons (Fsp3) is 0.263. The highest BCUT2D eigenvalue weighted by Crippen LogP contribution is 2.31. The molecule has 0 aliphatic carbocycles. The Kier molecular flexibility index (Phi) is 5.54. The zero-order chi connectivity index (χ0) is 19.4. The summed E-state index contributed by atoms with van der Waals surface area (Å²) >= 11 is 0. The van der Waals surface area contributed by atoms with Gasteiger partial charge in [-0.2, -0.15) is 0 Å². The molecule has 0 unspecified atom stereocenters. The lowest BCUT2D eigenvalue weighted by Crippen LogP contribution is -2.31. The van der Waals surface area contributed by atoms with Crippen LogP contribution in [0.2, 0.25) is 0 Å². The van der Waals surface area contributed by atoms with Crippen molar-refractivity contribution in [2.24, 2.45) is 0 Å². The summed E-state index contributed by atoms with van der Waals surface area (Å²) < 4.78 is 42.0. The number of halogens is 2. The first-order valence-corrected chi connectivity index (χ1v) is 8.18. The summed E-state index contributed by atoms with van der Waals surface area (Å²) in [5.74, 6) is -1.98. The highest BCUT2D eigenvalue weighted by Gasteiger charge is 2.17. The highest BCUT2D eigenvalue weighted by molar-refractivity contribution is 5.91. The minimum Gasteiger partial charge on any atom is -0.486 e. The SMILES string of the molecule is CN(Cc1ccc2c(c1)OCCO2)C(=O)COC(=O)c1cc(F)cc(F)c1. The van der Waals surface area contributed by atoms with Crippen molar-refractivity contribution in [3.05, 3.63) is 59.2 Å². The number of carbonyl (C=O) groups is 2. The molecule has 0 bridgehead atoms. The van der Waals surface area contributed by atoms with Crippen LogP contribution in [0.1, 0.15) is 15.9 Å². The zero-order valence-corrected chi connectivity index (χ0v) is 14.5. The molecule has 27 heavy (non-hydrogen) atoms. The second-order valence-electron chi connectivity index (χ2n) is 5.96. The van der Waals surface area contributed by atoms with Gasteiger partial charge in [0, 0.05) is 19.7 Å². The van der Waals surface area contributed by atoms with Crippen LogP contribution < -0.4 is 9.47 Å². The Morgan fingerprint density at radius 1 is 1.04 bits per heavy atom. The number of esters is 1. The van der Waals surface area contributed by atoms with Crippen LogP contribution in [0, 0.1) is 11.6 Å². The van der Waals surface area contributed by atoms with Crippen molar-refractivity contribution in [2.75, 3.05) is 26.9 Å². The van der Waals surface area contributed by atoms with Gasteiger partial charge in [-0.15, -0.1) is 0 Å². The van der Waals surface area contributed by atoms with E-state index < -0.39 is 30.1 Å². The first-order valence-electron chi connectivity index (χ1n) is 8.18. The summed E-state index contributed by atoms with van der Waals surface area (Å²) in [7, 11) is 1.55. The summed E-state index contributed by atoms with van der Waals surface area (Å²) in [6, 6.07) is 7.67. The summed E-state index contributed by atoms with van der Waals surface area (Å²) in [4.78, 5) is 25.4. The number of ether oxygens (including phenoxy) is 3. The lowest BCUT2D eigenvalue weighted by molar-refractivity contribution is -0.133. The van der Waals surface area contributed by atoms with Crippen molar-refractivity contribution in [3.63, 3.8) is 0 Å². The fourth-order valence-electron chi connectivity index (χ4n) is 2.54. The average Bonchev–Trinajstić information content (AvgIpc) is 2.64. The molecule has 0 atom stereocenters. The monoisotopic (exact) mass is 377 g/mol. The molecule has 1 heterocycles. The van der Waals surface area contributed by atoms with E-state index in [1.807, 2.05) is 0 Å². The number of benzene rings is 2. The summed E-state index contributed by atoms with van der Waals surface area (Å²) in [5, 5.41) is 0. The topological polar surface area (TPSA) is 65.1 Å². The van der Waals surface area contributed by atoms with Crippen molar-refractivity contribution < 1.29 is 32.6 Å². The van der Waals surface area contributed by atoms with Crippen LogP contribution >= 0.6 is 0 Å². The van der Waals surface area contributed by atoms with Gasteiger partial charge in [0.2, 0.25) is 0 Å². The van der Waals surface area contributed by atoms with Gasteiger partial charge in [-0.1, -0.05) is 6.07 Å². The van der Waals surface area contributed by atoms with E-state index in [0.717, 1.165) is 17.7 Å². The van der Waals surface area contributed by atoms with Crippen LogP contribution in [0.15, 0.2) is 36.4 Å². The molecule has 142 valence electrons. The molecule has 0 N–H and O–H groups in total.